The Labute approximate surface area is 376 Å². The van der Waals surface area contributed by atoms with Crippen molar-refractivity contribution in [3.8, 4) is 0 Å². The first-order valence-electron chi connectivity index (χ1n) is 26.5. The summed E-state index contributed by atoms with van der Waals surface area (Å²) in [4.78, 5) is 0. The van der Waals surface area contributed by atoms with Crippen LogP contribution >= 0.6 is 0 Å². The summed E-state index contributed by atoms with van der Waals surface area (Å²) in [6, 6.07) is 0. The van der Waals surface area contributed by atoms with Crippen molar-refractivity contribution in [2.45, 2.75) is 257 Å². The highest BCUT2D eigenvalue weighted by atomic mass is 14.0. The Bertz CT molecular complexity index is 830. The van der Waals surface area contributed by atoms with E-state index in [9.17, 15) is 0 Å². The normalized spacial score (nSPS) is 21.3. The molecule has 0 amide bonds. The molecule has 0 unspecified atom stereocenters. The van der Waals surface area contributed by atoms with E-state index in [1.54, 1.807) is 0 Å². The molecule has 0 atom stereocenters. The van der Waals surface area contributed by atoms with Gasteiger partial charge >= 0.3 is 0 Å². The van der Waals surface area contributed by atoms with Crippen molar-refractivity contribution in [2.75, 3.05) is 0 Å². The van der Waals surface area contributed by atoms with Crippen LogP contribution in [-0.2, 0) is 0 Å². The van der Waals surface area contributed by atoms with E-state index in [-0.39, 0.29) is 0 Å². The molecule has 0 heteroatoms. The fourth-order valence-electron chi connectivity index (χ4n) is 7.71. The van der Waals surface area contributed by atoms with Crippen LogP contribution in [0.1, 0.15) is 257 Å². The van der Waals surface area contributed by atoms with E-state index in [0.717, 1.165) is 0 Å². The number of allylic oxidation sites excluding steroid dienone is 20. The van der Waals surface area contributed by atoms with E-state index in [1.165, 1.54) is 257 Å². The highest BCUT2D eigenvalue weighted by Crippen LogP contribution is 2.13. The maximum atomic E-state index is 2.42. The van der Waals surface area contributed by atoms with Gasteiger partial charge in [0.05, 0.1) is 0 Å². The SMILES string of the molecule is C1=CCCCCCCC=CCCC=CCCCCCCC=CCCC=CCCCCCCC=CCCC=CCCCCCCC=CCCC=CCCCCCCC=CCC1. The molecule has 0 bridgehead atoms. The Hall–Kier alpha value is -2.60. The molecule has 0 N–H and O–H groups in total. The predicted molar refractivity (Wildman–Crippen MR) is 276 cm³/mol. The maximum absolute atomic E-state index is 2.42. The van der Waals surface area contributed by atoms with Gasteiger partial charge in [-0.2, -0.15) is 0 Å². The van der Waals surface area contributed by atoms with Crippen LogP contribution in [0.5, 0.6) is 0 Å². The Morgan fingerprint density at radius 1 is 0.0833 bits per heavy atom. The fourth-order valence-corrected chi connectivity index (χ4v) is 7.71. The molecule has 0 radical (unpaired) electrons. The molecular formula is C60H100. The second-order valence-electron chi connectivity index (χ2n) is 17.6. The lowest BCUT2D eigenvalue weighted by Gasteiger charge is -1.98. The molecule has 0 aliphatic heterocycles. The minimum Gasteiger partial charge on any atom is -0.0885 e. The van der Waals surface area contributed by atoms with E-state index in [4.69, 9.17) is 0 Å². The van der Waals surface area contributed by atoms with Crippen LogP contribution < -0.4 is 0 Å². The van der Waals surface area contributed by atoms with Crippen molar-refractivity contribution >= 4 is 0 Å². The fraction of sp³-hybridized carbons (Fsp3) is 0.667. The van der Waals surface area contributed by atoms with Crippen molar-refractivity contribution in [1.82, 2.24) is 0 Å². The third-order valence-electron chi connectivity index (χ3n) is 11.6. The molecule has 0 saturated heterocycles. The largest absolute Gasteiger partial charge is 0.0885 e. The van der Waals surface area contributed by atoms with Gasteiger partial charge in [-0.25, -0.2) is 0 Å². The summed E-state index contributed by atoms with van der Waals surface area (Å²) >= 11 is 0. The first kappa shape index (κ1) is 55.4. The van der Waals surface area contributed by atoms with Crippen molar-refractivity contribution in [3.05, 3.63) is 122 Å². The van der Waals surface area contributed by atoms with Crippen LogP contribution in [-0.4, -0.2) is 0 Å². The van der Waals surface area contributed by atoms with Crippen molar-refractivity contribution in [1.29, 1.82) is 0 Å². The lowest BCUT2D eigenvalue weighted by atomic mass is 10.1. The van der Waals surface area contributed by atoms with Crippen LogP contribution in [0.3, 0.4) is 0 Å². The summed E-state index contributed by atoms with van der Waals surface area (Å²) in [6.45, 7) is 0. The molecule has 1 aliphatic carbocycles. The average Bonchev–Trinajstić information content (AvgIpc) is 3.26. The standard InChI is InChI=1S/C60H100/c1-2-4-6-8-10-12-14-16-18-20-22-24-26-28-30-32-34-36-38-40-42-44-46-48-50-52-54-56-58-60-59-57-55-53-51-49-47-45-43-41-39-37-35-33-31-29-27-25-23-21-19-17-15-13-11-9-7-5-3-1/h1-2,7,9,16,18,23-26,31,33,40,42,47-50,55,57H,3-6,8,10-15,17,19-22,27-30,32,34-39,41,43-46,51-54,56,58-60H2. The van der Waals surface area contributed by atoms with Gasteiger partial charge in [0.1, 0.15) is 0 Å². The van der Waals surface area contributed by atoms with E-state index in [2.05, 4.69) is 122 Å². The number of hydrogen-bond acceptors (Lipinski definition) is 0. The van der Waals surface area contributed by atoms with E-state index in [1.807, 2.05) is 0 Å². The molecule has 0 aromatic heterocycles. The quantitative estimate of drug-likeness (QED) is 0.214. The summed E-state index contributed by atoms with van der Waals surface area (Å²) in [5.41, 5.74) is 0. The van der Waals surface area contributed by atoms with Crippen LogP contribution in [0.4, 0.5) is 0 Å². The third-order valence-corrected chi connectivity index (χ3v) is 11.6. The van der Waals surface area contributed by atoms with Gasteiger partial charge in [-0.15, -0.1) is 0 Å². The zero-order chi connectivity index (χ0) is 42.4. The molecule has 1 rings (SSSR count). The molecule has 0 aromatic rings. The highest BCUT2D eigenvalue weighted by molar-refractivity contribution is 4.92. The molecule has 0 fully saturated rings. The Morgan fingerprint density at radius 3 is 0.267 bits per heavy atom. The van der Waals surface area contributed by atoms with Gasteiger partial charge in [0, 0.05) is 0 Å². The first-order valence-corrected chi connectivity index (χ1v) is 26.5. The second-order valence-corrected chi connectivity index (χ2v) is 17.6. The molecule has 60 heavy (non-hydrogen) atoms. The zero-order valence-corrected chi connectivity index (χ0v) is 39.8. The number of hydrogen-bond donors (Lipinski definition) is 0. The third kappa shape index (κ3) is 49.8. The van der Waals surface area contributed by atoms with Crippen molar-refractivity contribution in [2.24, 2.45) is 0 Å². The maximum Gasteiger partial charge on any atom is -0.0316 e. The Balaban J connectivity index is 2.18. The van der Waals surface area contributed by atoms with Crippen LogP contribution in [0.15, 0.2) is 122 Å². The molecule has 0 saturated carbocycles. The average molecular weight is 821 g/mol. The van der Waals surface area contributed by atoms with Crippen LogP contribution in [0.25, 0.3) is 0 Å². The minimum absolute atomic E-state index is 1.20. The second kappa shape index (κ2) is 52.5. The summed E-state index contributed by atoms with van der Waals surface area (Å²) < 4.78 is 0. The van der Waals surface area contributed by atoms with Crippen LogP contribution in [0.2, 0.25) is 0 Å². The van der Waals surface area contributed by atoms with E-state index in [0.29, 0.717) is 0 Å². The highest BCUT2D eigenvalue weighted by Gasteiger charge is 1.93. The first-order chi connectivity index (χ1) is 30.0. The molecule has 340 valence electrons. The molecule has 0 heterocycles. The van der Waals surface area contributed by atoms with Gasteiger partial charge in [-0.05, 0) is 193 Å². The Morgan fingerprint density at radius 2 is 0.167 bits per heavy atom. The van der Waals surface area contributed by atoms with Gasteiger partial charge in [-0.3, -0.25) is 0 Å². The number of rotatable bonds is 0. The van der Waals surface area contributed by atoms with Gasteiger partial charge < -0.3 is 0 Å². The summed E-state index contributed by atoms with van der Waals surface area (Å²) in [6.07, 6.45) is 100.0. The van der Waals surface area contributed by atoms with Gasteiger partial charge in [-0.1, -0.05) is 186 Å². The zero-order valence-electron chi connectivity index (χ0n) is 39.8. The molecule has 0 spiro atoms. The van der Waals surface area contributed by atoms with Crippen LogP contribution in [0, 0.1) is 0 Å². The molecule has 1 aliphatic rings. The topological polar surface area (TPSA) is 0 Å². The van der Waals surface area contributed by atoms with Crippen molar-refractivity contribution < 1.29 is 0 Å². The smallest absolute Gasteiger partial charge is 0.0316 e. The van der Waals surface area contributed by atoms with E-state index < -0.39 is 0 Å². The van der Waals surface area contributed by atoms with Crippen molar-refractivity contribution in [3.63, 3.8) is 0 Å². The minimum atomic E-state index is 1.20. The van der Waals surface area contributed by atoms with Gasteiger partial charge in [0.2, 0.25) is 0 Å². The lowest BCUT2D eigenvalue weighted by Crippen LogP contribution is -1.78. The molecule has 0 nitrogen and oxygen atoms in total. The van der Waals surface area contributed by atoms with Gasteiger partial charge in [0.15, 0.2) is 0 Å². The molecular weight excluding hydrogens is 721 g/mol. The summed E-state index contributed by atoms with van der Waals surface area (Å²) in [5.74, 6) is 0. The van der Waals surface area contributed by atoms with E-state index >= 15 is 0 Å². The van der Waals surface area contributed by atoms with Gasteiger partial charge in [0.25, 0.3) is 0 Å². The summed E-state index contributed by atoms with van der Waals surface area (Å²) in [7, 11) is 0. The molecule has 0 aromatic carbocycles. The summed E-state index contributed by atoms with van der Waals surface area (Å²) in [5, 5.41) is 0. The lowest BCUT2D eigenvalue weighted by molar-refractivity contribution is 0.650. The Kier molecular flexibility index (Phi) is 48.5. The monoisotopic (exact) mass is 821 g/mol. The predicted octanol–water partition coefficient (Wildman–Crippen LogP) is 21.2.